The third-order valence-electron chi connectivity index (χ3n) is 4.87. The van der Waals surface area contributed by atoms with Gasteiger partial charge in [-0.05, 0) is 50.2 Å². The van der Waals surface area contributed by atoms with E-state index in [0.29, 0.717) is 12.1 Å². The van der Waals surface area contributed by atoms with E-state index in [-0.39, 0.29) is 5.60 Å². The number of benzene rings is 1. The van der Waals surface area contributed by atoms with Crippen LogP contribution < -0.4 is 5.32 Å². The summed E-state index contributed by atoms with van der Waals surface area (Å²) in [7, 11) is 0. The third kappa shape index (κ3) is 2.85. The monoisotopic (exact) mass is 259 g/mol. The van der Waals surface area contributed by atoms with Gasteiger partial charge in [0.05, 0.1) is 5.60 Å². The molecule has 2 aliphatic rings. The zero-order chi connectivity index (χ0) is 13.3. The molecule has 0 spiro atoms. The fourth-order valence-electron chi connectivity index (χ4n) is 3.53. The van der Waals surface area contributed by atoms with Gasteiger partial charge in [0.2, 0.25) is 0 Å². The van der Waals surface area contributed by atoms with Gasteiger partial charge in [-0.25, -0.2) is 0 Å². The summed E-state index contributed by atoms with van der Waals surface area (Å²) in [6, 6.07) is 10.1. The van der Waals surface area contributed by atoms with E-state index in [1.807, 2.05) is 0 Å². The second kappa shape index (κ2) is 5.26. The Morgan fingerprint density at radius 2 is 1.89 bits per heavy atom. The van der Waals surface area contributed by atoms with Crippen LogP contribution in [0.25, 0.3) is 0 Å². The number of nitrogens with one attached hydrogen (secondary N) is 1. The van der Waals surface area contributed by atoms with E-state index in [1.54, 1.807) is 0 Å². The lowest BCUT2D eigenvalue weighted by molar-refractivity contribution is -0.0789. The molecule has 1 heterocycles. The predicted molar refractivity (Wildman–Crippen MR) is 78.4 cm³/mol. The molecule has 0 aromatic heterocycles. The summed E-state index contributed by atoms with van der Waals surface area (Å²) in [6.07, 6.45) is 5.79. The van der Waals surface area contributed by atoms with Gasteiger partial charge in [0.15, 0.2) is 0 Å². The van der Waals surface area contributed by atoms with Crippen molar-refractivity contribution in [1.82, 2.24) is 5.32 Å². The van der Waals surface area contributed by atoms with Crippen molar-refractivity contribution in [2.75, 3.05) is 6.61 Å². The summed E-state index contributed by atoms with van der Waals surface area (Å²) >= 11 is 0. The maximum atomic E-state index is 5.93. The van der Waals surface area contributed by atoms with Crippen LogP contribution in [0.5, 0.6) is 0 Å². The minimum atomic E-state index is 0.0847. The van der Waals surface area contributed by atoms with E-state index in [2.05, 4.69) is 43.4 Å². The first kappa shape index (κ1) is 13.1. The van der Waals surface area contributed by atoms with Crippen molar-refractivity contribution in [1.29, 1.82) is 0 Å². The number of ether oxygens (including phenoxy) is 1. The summed E-state index contributed by atoms with van der Waals surface area (Å²) in [5.41, 5.74) is 3.15. The first-order valence-corrected chi connectivity index (χ1v) is 7.65. The fourth-order valence-corrected chi connectivity index (χ4v) is 3.53. The molecule has 0 bridgehead atoms. The highest BCUT2D eigenvalue weighted by atomic mass is 16.5. The topological polar surface area (TPSA) is 21.3 Å². The van der Waals surface area contributed by atoms with Gasteiger partial charge in [-0.3, -0.25) is 0 Å². The lowest BCUT2D eigenvalue weighted by Gasteiger charge is -2.39. The van der Waals surface area contributed by atoms with Gasteiger partial charge in [0.1, 0.15) is 0 Å². The number of hydrogen-bond donors (Lipinski definition) is 1. The second-order valence-electron chi connectivity index (χ2n) is 6.38. The van der Waals surface area contributed by atoms with Crippen LogP contribution in [0.1, 0.15) is 44.2 Å². The second-order valence-corrected chi connectivity index (χ2v) is 6.38. The highest BCUT2D eigenvalue weighted by Crippen LogP contribution is 2.29. The number of hydrogen-bond acceptors (Lipinski definition) is 2. The first-order chi connectivity index (χ1) is 9.18. The molecule has 1 aromatic carbocycles. The summed E-state index contributed by atoms with van der Waals surface area (Å²) in [5.74, 6) is 0. The average Bonchev–Trinajstić information content (AvgIpc) is 2.81. The van der Waals surface area contributed by atoms with Crippen molar-refractivity contribution in [3.63, 3.8) is 0 Å². The maximum absolute atomic E-state index is 5.93. The number of rotatable bonds is 3. The quantitative estimate of drug-likeness (QED) is 0.900. The molecule has 0 radical (unpaired) electrons. The summed E-state index contributed by atoms with van der Waals surface area (Å²) in [4.78, 5) is 0. The largest absolute Gasteiger partial charge is 0.375 e. The van der Waals surface area contributed by atoms with Crippen LogP contribution in [-0.2, 0) is 17.6 Å². The Hall–Kier alpha value is -0.860. The Morgan fingerprint density at radius 1 is 1.21 bits per heavy atom. The van der Waals surface area contributed by atoms with Crippen LogP contribution in [0.4, 0.5) is 0 Å². The molecule has 3 rings (SSSR count). The van der Waals surface area contributed by atoms with Gasteiger partial charge < -0.3 is 10.1 Å². The molecule has 2 nitrogen and oxygen atoms in total. The molecule has 19 heavy (non-hydrogen) atoms. The van der Waals surface area contributed by atoms with Gasteiger partial charge in [-0.15, -0.1) is 0 Å². The Bertz CT molecular complexity index is 420. The average molecular weight is 259 g/mol. The fraction of sp³-hybridized carbons (Fsp3) is 0.647. The summed E-state index contributed by atoms with van der Waals surface area (Å²) in [5, 5.41) is 3.87. The van der Waals surface area contributed by atoms with Crippen LogP contribution >= 0.6 is 0 Å². The molecule has 1 fully saturated rings. The van der Waals surface area contributed by atoms with E-state index in [1.165, 1.54) is 24.0 Å². The van der Waals surface area contributed by atoms with Crippen molar-refractivity contribution < 1.29 is 4.74 Å². The van der Waals surface area contributed by atoms with E-state index in [0.717, 1.165) is 25.9 Å². The first-order valence-electron chi connectivity index (χ1n) is 7.65. The molecule has 0 saturated carbocycles. The van der Waals surface area contributed by atoms with Gasteiger partial charge in [-0.1, -0.05) is 31.2 Å². The SMILES string of the molecule is CCC1(C)CC(NC2Cc3ccccc3C2)CCO1. The predicted octanol–water partition coefficient (Wildman–Crippen LogP) is 3.09. The Morgan fingerprint density at radius 3 is 2.53 bits per heavy atom. The van der Waals surface area contributed by atoms with E-state index in [4.69, 9.17) is 4.74 Å². The van der Waals surface area contributed by atoms with E-state index in [9.17, 15) is 0 Å². The zero-order valence-electron chi connectivity index (χ0n) is 12.1. The summed E-state index contributed by atoms with van der Waals surface area (Å²) in [6.45, 7) is 5.39. The molecule has 1 aliphatic carbocycles. The molecular weight excluding hydrogens is 234 g/mol. The standard InChI is InChI=1S/C17H25NO/c1-3-17(2)12-15(8-9-19-17)18-16-10-13-6-4-5-7-14(13)11-16/h4-7,15-16,18H,3,8-12H2,1-2H3. The highest BCUT2D eigenvalue weighted by molar-refractivity contribution is 5.33. The highest BCUT2D eigenvalue weighted by Gasteiger charge is 2.33. The molecule has 1 saturated heterocycles. The Balaban J connectivity index is 1.59. The lowest BCUT2D eigenvalue weighted by atomic mass is 9.89. The molecule has 0 amide bonds. The van der Waals surface area contributed by atoms with Crippen LogP contribution in [-0.4, -0.2) is 24.3 Å². The van der Waals surface area contributed by atoms with Crippen LogP contribution in [0.2, 0.25) is 0 Å². The van der Waals surface area contributed by atoms with Crippen molar-refractivity contribution in [2.24, 2.45) is 0 Å². The zero-order valence-corrected chi connectivity index (χ0v) is 12.1. The van der Waals surface area contributed by atoms with E-state index >= 15 is 0 Å². The molecule has 2 atom stereocenters. The molecule has 2 heteroatoms. The smallest absolute Gasteiger partial charge is 0.0666 e. The van der Waals surface area contributed by atoms with Crippen molar-refractivity contribution in [3.8, 4) is 0 Å². The van der Waals surface area contributed by atoms with Crippen molar-refractivity contribution in [3.05, 3.63) is 35.4 Å². The minimum Gasteiger partial charge on any atom is -0.375 e. The van der Waals surface area contributed by atoms with Crippen molar-refractivity contribution in [2.45, 2.75) is 63.6 Å². The molecule has 1 N–H and O–H groups in total. The van der Waals surface area contributed by atoms with Gasteiger partial charge in [-0.2, -0.15) is 0 Å². The van der Waals surface area contributed by atoms with Gasteiger partial charge in [0, 0.05) is 18.7 Å². The van der Waals surface area contributed by atoms with E-state index < -0.39 is 0 Å². The molecule has 104 valence electrons. The lowest BCUT2D eigenvalue weighted by Crippen LogP contribution is -2.48. The summed E-state index contributed by atoms with van der Waals surface area (Å²) < 4.78 is 5.93. The Labute approximate surface area is 116 Å². The van der Waals surface area contributed by atoms with Crippen LogP contribution in [0, 0.1) is 0 Å². The van der Waals surface area contributed by atoms with Gasteiger partial charge in [0.25, 0.3) is 0 Å². The third-order valence-corrected chi connectivity index (χ3v) is 4.87. The van der Waals surface area contributed by atoms with Crippen LogP contribution in [0.15, 0.2) is 24.3 Å². The molecular formula is C17H25NO. The molecule has 2 unspecified atom stereocenters. The number of fused-ring (bicyclic) bond motifs is 1. The maximum Gasteiger partial charge on any atom is 0.0666 e. The molecule has 1 aliphatic heterocycles. The van der Waals surface area contributed by atoms with Crippen LogP contribution in [0.3, 0.4) is 0 Å². The Kier molecular flexibility index (Phi) is 3.64. The minimum absolute atomic E-state index is 0.0847. The molecule has 1 aromatic rings. The van der Waals surface area contributed by atoms with Crippen molar-refractivity contribution >= 4 is 0 Å². The van der Waals surface area contributed by atoms with Gasteiger partial charge >= 0.3 is 0 Å². The normalized spacial score (nSPS) is 31.4.